The van der Waals surface area contributed by atoms with Crippen LogP contribution in [0.4, 0.5) is 0 Å². The maximum Gasteiger partial charge on any atom is 0.0972 e. The summed E-state index contributed by atoms with van der Waals surface area (Å²) in [5, 5.41) is 3.32. The molecule has 0 saturated carbocycles. The number of nitrogens with one attached hydrogen (secondary N) is 1. The SMILES string of the molecule is C=C(C)/C=C(\NC(C)=NC)c1nc(-c2ccccc2)ccc1C. The summed E-state index contributed by atoms with van der Waals surface area (Å²) in [5.41, 5.74) is 5.94. The lowest BCUT2D eigenvalue weighted by atomic mass is 10.1. The highest BCUT2D eigenvalue weighted by molar-refractivity contribution is 5.89. The quantitative estimate of drug-likeness (QED) is 0.509. The van der Waals surface area contributed by atoms with Crippen molar-refractivity contribution in [2.45, 2.75) is 20.8 Å². The van der Waals surface area contributed by atoms with Crippen molar-refractivity contribution in [3.63, 3.8) is 0 Å². The van der Waals surface area contributed by atoms with E-state index >= 15 is 0 Å². The van der Waals surface area contributed by atoms with Crippen LogP contribution in [-0.4, -0.2) is 17.9 Å². The lowest BCUT2D eigenvalue weighted by Crippen LogP contribution is -2.20. The second kappa shape index (κ2) is 7.54. The molecule has 1 aromatic carbocycles. The second-order valence-electron chi connectivity index (χ2n) is 5.57. The Morgan fingerprint density at radius 2 is 1.83 bits per heavy atom. The van der Waals surface area contributed by atoms with Gasteiger partial charge in [-0.25, -0.2) is 4.98 Å². The zero-order chi connectivity index (χ0) is 16.8. The molecule has 1 heterocycles. The fourth-order valence-electron chi connectivity index (χ4n) is 2.23. The molecule has 1 aromatic heterocycles. The summed E-state index contributed by atoms with van der Waals surface area (Å²) in [6.45, 7) is 9.94. The maximum atomic E-state index is 4.86. The van der Waals surface area contributed by atoms with E-state index in [0.29, 0.717) is 0 Å². The summed E-state index contributed by atoms with van der Waals surface area (Å²) in [6.07, 6.45) is 2.00. The molecular weight excluding hydrogens is 282 g/mol. The third-order valence-electron chi connectivity index (χ3n) is 3.46. The first-order valence-corrected chi connectivity index (χ1v) is 7.62. The monoisotopic (exact) mass is 305 g/mol. The van der Waals surface area contributed by atoms with Gasteiger partial charge in [0.15, 0.2) is 0 Å². The highest BCUT2D eigenvalue weighted by atomic mass is 15.0. The van der Waals surface area contributed by atoms with E-state index in [-0.39, 0.29) is 0 Å². The summed E-state index contributed by atoms with van der Waals surface area (Å²) >= 11 is 0. The number of amidine groups is 1. The minimum Gasteiger partial charge on any atom is -0.343 e. The number of pyridine rings is 1. The molecular formula is C20H23N3. The van der Waals surface area contributed by atoms with Crippen LogP contribution in [0.1, 0.15) is 25.1 Å². The Morgan fingerprint density at radius 3 is 2.43 bits per heavy atom. The fourth-order valence-corrected chi connectivity index (χ4v) is 2.23. The number of allylic oxidation sites excluding steroid dienone is 2. The summed E-state index contributed by atoms with van der Waals surface area (Å²) in [6, 6.07) is 14.3. The fraction of sp³-hybridized carbons (Fsp3) is 0.200. The number of aryl methyl sites for hydroxylation is 1. The molecule has 0 spiro atoms. The molecule has 23 heavy (non-hydrogen) atoms. The predicted molar refractivity (Wildman–Crippen MR) is 99.4 cm³/mol. The lowest BCUT2D eigenvalue weighted by Gasteiger charge is -2.14. The summed E-state index contributed by atoms with van der Waals surface area (Å²) < 4.78 is 0. The first kappa shape index (κ1) is 16.7. The molecule has 118 valence electrons. The number of aliphatic imine (C=N–C) groups is 1. The van der Waals surface area contributed by atoms with Gasteiger partial charge in [0.05, 0.1) is 22.9 Å². The smallest absolute Gasteiger partial charge is 0.0972 e. The third kappa shape index (κ3) is 4.39. The zero-order valence-electron chi connectivity index (χ0n) is 14.2. The van der Waals surface area contributed by atoms with Crippen LogP contribution in [0, 0.1) is 6.92 Å². The second-order valence-corrected chi connectivity index (χ2v) is 5.57. The van der Waals surface area contributed by atoms with Crippen molar-refractivity contribution in [1.29, 1.82) is 0 Å². The van der Waals surface area contributed by atoms with Crippen LogP contribution >= 0.6 is 0 Å². The van der Waals surface area contributed by atoms with Crippen LogP contribution in [0.5, 0.6) is 0 Å². The maximum absolute atomic E-state index is 4.86. The van der Waals surface area contributed by atoms with Crippen LogP contribution in [0.25, 0.3) is 17.0 Å². The zero-order valence-corrected chi connectivity index (χ0v) is 14.2. The molecule has 0 unspecified atom stereocenters. The molecule has 0 radical (unpaired) electrons. The molecule has 0 aliphatic carbocycles. The van der Waals surface area contributed by atoms with Crippen LogP contribution in [0.2, 0.25) is 0 Å². The largest absolute Gasteiger partial charge is 0.343 e. The Morgan fingerprint density at radius 1 is 1.13 bits per heavy atom. The molecule has 0 amide bonds. The Labute approximate surface area is 138 Å². The van der Waals surface area contributed by atoms with E-state index in [1.807, 2.05) is 44.2 Å². The minimum absolute atomic E-state index is 0.837. The molecule has 1 N–H and O–H groups in total. The Hall–Kier alpha value is -2.68. The van der Waals surface area contributed by atoms with Crippen molar-refractivity contribution < 1.29 is 0 Å². The number of aromatic nitrogens is 1. The van der Waals surface area contributed by atoms with E-state index in [2.05, 4.69) is 42.0 Å². The number of hydrogen-bond acceptors (Lipinski definition) is 2. The molecule has 0 aliphatic rings. The minimum atomic E-state index is 0.837. The van der Waals surface area contributed by atoms with Gasteiger partial charge in [-0.2, -0.15) is 0 Å². The van der Waals surface area contributed by atoms with Gasteiger partial charge in [-0.05, 0) is 38.5 Å². The molecule has 0 aliphatic heterocycles. The molecule has 3 heteroatoms. The van der Waals surface area contributed by atoms with Crippen LogP contribution in [0.3, 0.4) is 0 Å². The molecule has 0 bridgehead atoms. The van der Waals surface area contributed by atoms with E-state index in [0.717, 1.165) is 39.6 Å². The van der Waals surface area contributed by atoms with Crippen LogP contribution < -0.4 is 5.32 Å². The van der Waals surface area contributed by atoms with Crippen LogP contribution in [0.15, 0.2) is 65.7 Å². The van der Waals surface area contributed by atoms with Gasteiger partial charge in [0, 0.05) is 12.6 Å². The van der Waals surface area contributed by atoms with Crippen molar-refractivity contribution in [1.82, 2.24) is 10.3 Å². The number of hydrogen-bond donors (Lipinski definition) is 1. The first-order chi connectivity index (χ1) is 11.0. The topological polar surface area (TPSA) is 37.3 Å². The molecule has 2 rings (SSSR count). The van der Waals surface area contributed by atoms with Crippen molar-refractivity contribution in [3.05, 3.63) is 72.0 Å². The average molecular weight is 305 g/mol. The van der Waals surface area contributed by atoms with Crippen molar-refractivity contribution in [2.24, 2.45) is 4.99 Å². The summed E-state index contributed by atoms with van der Waals surface area (Å²) in [4.78, 5) is 9.03. The summed E-state index contributed by atoms with van der Waals surface area (Å²) in [7, 11) is 1.77. The van der Waals surface area contributed by atoms with Crippen LogP contribution in [-0.2, 0) is 0 Å². The third-order valence-corrected chi connectivity index (χ3v) is 3.46. The number of nitrogens with zero attached hydrogens (tertiary/aromatic N) is 2. The normalized spacial score (nSPS) is 12.2. The standard InChI is InChI=1S/C20H23N3/c1-14(2)13-19(22-16(4)21-5)20-15(3)11-12-18(23-20)17-9-7-6-8-10-17/h6-13H,1H2,2-5H3,(H,21,22)/b19-13-. The van der Waals surface area contributed by atoms with Gasteiger partial charge in [0.2, 0.25) is 0 Å². The average Bonchev–Trinajstić information content (AvgIpc) is 2.55. The van der Waals surface area contributed by atoms with E-state index in [4.69, 9.17) is 4.98 Å². The van der Waals surface area contributed by atoms with Gasteiger partial charge in [0.1, 0.15) is 0 Å². The van der Waals surface area contributed by atoms with E-state index in [1.165, 1.54) is 0 Å². The Kier molecular flexibility index (Phi) is 5.47. The van der Waals surface area contributed by atoms with Crippen molar-refractivity contribution in [3.8, 4) is 11.3 Å². The van der Waals surface area contributed by atoms with E-state index in [1.54, 1.807) is 7.05 Å². The van der Waals surface area contributed by atoms with E-state index < -0.39 is 0 Å². The Bertz CT molecular complexity index is 756. The van der Waals surface area contributed by atoms with Gasteiger partial charge in [-0.15, -0.1) is 0 Å². The summed E-state index contributed by atoms with van der Waals surface area (Å²) in [5.74, 6) is 0.837. The molecule has 3 nitrogen and oxygen atoms in total. The number of benzene rings is 1. The Balaban J connectivity index is 2.52. The highest BCUT2D eigenvalue weighted by Gasteiger charge is 2.10. The molecule has 0 saturated heterocycles. The van der Waals surface area contributed by atoms with Crippen molar-refractivity contribution in [2.75, 3.05) is 7.05 Å². The van der Waals surface area contributed by atoms with Gasteiger partial charge in [0.25, 0.3) is 0 Å². The van der Waals surface area contributed by atoms with Gasteiger partial charge >= 0.3 is 0 Å². The van der Waals surface area contributed by atoms with Gasteiger partial charge in [-0.3, -0.25) is 4.99 Å². The predicted octanol–water partition coefficient (Wildman–Crippen LogP) is 4.61. The highest BCUT2D eigenvalue weighted by Crippen LogP contribution is 2.22. The molecule has 2 aromatic rings. The molecule has 0 atom stereocenters. The first-order valence-electron chi connectivity index (χ1n) is 7.62. The van der Waals surface area contributed by atoms with Gasteiger partial charge < -0.3 is 5.32 Å². The number of rotatable bonds is 4. The van der Waals surface area contributed by atoms with Crippen molar-refractivity contribution >= 4 is 11.5 Å². The lowest BCUT2D eigenvalue weighted by molar-refractivity contribution is 1.14. The van der Waals surface area contributed by atoms with E-state index in [9.17, 15) is 0 Å². The van der Waals surface area contributed by atoms with Gasteiger partial charge in [-0.1, -0.05) is 48.6 Å². The molecule has 0 fully saturated rings.